The molecule has 126 valence electrons. The Labute approximate surface area is 140 Å². The second kappa shape index (κ2) is 8.10. The van der Waals surface area contributed by atoms with Crippen LogP contribution in [0.1, 0.15) is 41.4 Å². The first-order valence-corrected chi connectivity index (χ1v) is 7.73. The number of aromatic nitrogens is 1. The van der Waals surface area contributed by atoms with Crippen LogP contribution in [0.3, 0.4) is 0 Å². The Bertz CT molecular complexity index is 696. The fourth-order valence-corrected chi connectivity index (χ4v) is 2.17. The molecule has 1 aromatic heterocycles. The minimum atomic E-state index is -0.647. The van der Waals surface area contributed by atoms with Crippen molar-refractivity contribution in [3.63, 3.8) is 0 Å². The summed E-state index contributed by atoms with van der Waals surface area (Å²) in [5.41, 5.74) is 2.43. The van der Waals surface area contributed by atoms with Crippen molar-refractivity contribution < 1.29 is 19.1 Å². The van der Waals surface area contributed by atoms with Crippen LogP contribution >= 0.6 is 0 Å². The quantitative estimate of drug-likeness (QED) is 0.499. The van der Waals surface area contributed by atoms with Gasteiger partial charge < -0.3 is 15.3 Å². The van der Waals surface area contributed by atoms with Crippen molar-refractivity contribution in [1.29, 1.82) is 0 Å². The van der Waals surface area contributed by atoms with E-state index in [1.165, 1.54) is 30.1 Å². The highest BCUT2D eigenvalue weighted by Gasteiger charge is 2.13. The minimum Gasteiger partial charge on any atom is -0.619 e. The van der Waals surface area contributed by atoms with Gasteiger partial charge >= 0.3 is 5.97 Å². The number of rotatable bonds is 6. The zero-order valence-electron chi connectivity index (χ0n) is 13.7. The third-order valence-electron chi connectivity index (χ3n) is 3.64. The van der Waals surface area contributed by atoms with E-state index in [2.05, 4.69) is 12.2 Å². The molecule has 0 bridgehead atoms. The molecule has 6 heteroatoms. The van der Waals surface area contributed by atoms with Crippen molar-refractivity contribution in [3.8, 4) is 0 Å². The maximum absolute atomic E-state index is 11.9. The third kappa shape index (κ3) is 4.81. The second-order valence-corrected chi connectivity index (χ2v) is 5.41. The Morgan fingerprint density at radius 2 is 1.79 bits per heavy atom. The highest BCUT2D eigenvalue weighted by atomic mass is 16.5. The summed E-state index contributed by atoms with van der Waals surface area (Å²) in [4.78, 5) is 23.7. The molecule has 0 fully saturated rings. The van der Waals surface area contributed by atoms with Crippen LogP contribution in [0.15, 0.2) is 48.8 Å². The van der Waals surface area contributed by atoms with Crippen LogP contribution < -0.4 is 10.0 Å². The SMILES string of the molecule is CCc1ccc([C@@H](C)NC(=O)COC(=O)c2cc[n+]([O-])cc2)cc1. The van der Waals surface area contributed by atoms with Crippen molar-refractivity contribution in [2.24, 2.45) is 0 Å². The number of nitrogens with one attached hydrogen (secondary N) is 1. The number of carbonyl (C=O) groups excluding carboxylic acids is 2. The van der Waals surface area contributed by atoms with Crippen molar-refractivity contribution in [3.05, 3.63) is 70.7 Å². The summed E-state index contributed by atoms with van der Waals surface area (Å²) in [6, 6.07) is 10.5. The minimum absolute atomic E-state index is 0.182. The van der Waals surface area contributed by atoms with Crippen LogP contribution in [0.25, 0.3) is 0 Å². The lowest BCUT2D eigenvalue weighted by Crippen LogP contribution is -2.31. The number of ether oxygens (including phenoxy) is 1. The maximum atomic E-state index is 11.9. The number of carbonyl (C=O) groups is 2. The molecule has 1 heterocycles. The van der Waals surface area contributed by atoms with Crippen LogP contribution in [0.4, 0.5) is 0 Å². The largest absolute Gasteiger partial charge is 0.619 e. The van der Waals surface area contributed by atoms with Crippen molar-refractivity contribution in [1.82, 2.24) is 5.32 Å². The zero-order valence-corrected chi connectivity index (χ0v) is 13.7. The van der Waals surface area contributed by atoms with Gasteiger partial charge in [-0.2, -0.15) is 4.73 Å². The van der Waals surface area contributed by atoms with E-state index in [1.807, 2.05) is 31.2 Å². The molecule has 0 aliphatic rings. The van der Waals surface area contributed by atoms with Gasteiger partial charge in [0.1, 0.15) is 0 Å². The summed E-state index contributed by atoms with van der Waals surface area (Å²) >= 11 is 0. The summed E-state index contributed by atoms with van der Waals surface area (Å²) in [5.74, 6) is -1.03. The zero-order chi connectivity index (χ0) is 17.5. The van der Waals surface area contributed by atoms with Crippen molar-refractivity contribution in [2.45, 2.75) is 26.3 Å². The van der Waals surface area contributed by atoms with E-state index < -0.39 is 5.97 Å². The van der Waals surface area contributed by atoms with E-state index in [4.69, 9.17) is 4.74 Å². The third-order valence-corrected chi connectivity index (χ3v) is 3.64. The molecular formula is C18H20N2O4. The Morgan fingerprint density at radius 1 is 1.17 bits per heavy atom. The second-order valence-electron chi connectivity index (χ2n) is 5.41. The van der Waals surface area contributed by atoms with Gasteiger partial charge in [-0.3, -0.25) is 4.79 Å². The summed E-state index contributed by atoms with van der Waals surface area (Å²) in [6.07, 6.45) is 3.35. The van der Waals surface area contributed by atoms with Crippen molar-refractivity contribution in [2.75, 3.05) is 6.61 Å². The van der Waals surface area contributed by atoms with Gasteiger partial charge in [-0.05, 0) is 24.5 Å². The predicted molar refractivity (Wildman–Crippen MR) is 88.1 cm³/mol. The maximum Gasteiger partial charge on any atom is 0.339 e. The van der Waals surface area contributed by atoms with E-state index in [9.17, 15) is 14.8 Å². The smallest absolute Gasteiger partial charge is 0.339 e. The summed E-state index contributed by atoms with van der Waals surface area (Å²) < 4.78 is 5.51. The highest BCUT2D eigenvalue weighted by Crippen LogP contribution is 2.13. The molecule has 0 unspecified atom stereocenters. The monoisotopic (exact) mass is 328 g/mol. The van der Waals surface area contributed by atoms with Crippen LogP contribution in [-0.4, -0.2) is 18.5 Å². The molecule has 0 saturated carbocycles. The van der Waals surface area contributed by atoms with Crippen LogP contribution in [0.5, 0.6) is 0 Å². The number of pyridine rings is 1. The van der Waals surface area contributed by atoms with Crippen molar-refractivity contribution >= 4 is 11.9 Å². The first-order valence-electron chi connectivity index (χ1n) is 7.73. The molecule has 2 aromatic rings. The average Bonchev–Trinajstić information content (AvgIpc) is 2.60. The van der Waals surface area contributed by atoms with E-state index in [-0.39, 0.29) is 24.1 Å². The topological polar surface area (TPSA) is 82.3 Å². The summed E-state index contributed by atoms with van der Waals surface area (Å²) in [7, 11) is 0. The Morgan fingerprint density at radius 3 is 2.38 bits per heavy atom. The molecule has 1 amide bonds. The first-order chi connectivity index (χ1) is 11.5. The summed E-state index contributed by atoms with van der Waals surface area (Å²) in [6.45, 7) is 3.57. The van der Waals surface area contributed by atoms with E-state index in [0.717, 1.165) is 12.0 Å². The van der Waals surface area contributed by atoms with Gasteiger partial charge in [-0.15, -0.1) is 0 Å². The lowest BCUT2D eigenvalue weighted by Gasteiger charge is -2.15. The summed E-state index contributed by atoms with van der Waals surface area (Å²) in [5, 5.41) is 13.7. The molecule has 1 N–H and O–H groups in total. The molecule has 1 atom stereocenters. The number of nitrogens with zero attached hydrogens (tertiary/aromatic N) is 1. The van der Waals surface area contributed by atoms with Gasteiger partial charge in [-0.25, -0.2) is 4.79 Å². The Balaban J connectivity index is 1.83. The van der Waals surface area contributed by atoms with E-state index in [1.54, 1.807) is 0 Å². The first kappa shape index (κ1) is 17.5. The molecule has 0 radical (unpaired) electrons. The molecule has 24 heavy (non-hydrogen) atoms. The van der Waals surface area contributed by atoms with Crippen LogP contribution in [-0.2, 0) is 16.0 Å². The number of esters is 1. The molecule has 2 rings (SSSR count). The molecule has 0 spiro atoms. The fourth-order valence-electron chi connectivity index (χ4n) is 2.17. The predicted octanol–water partition coefficient (Wildman–Crippen LogP) is 1.92. The number of amides is 1. The van der Waals surface area contributed by atoms with Gasteiger partial charge in [0.25, 0.3) is 5.91 Å². The standard InChI is InChI=1S/C18H20N2O4/c1-3-14-4-6-15(7-5-14)13(2)19-17(21)12-24-18(22)16-8-10-20(23)11-9-16/h4-11,13H,3,12H2,1-2H3,(H,19,21)/t13-/m1/s1. The number of hydrogen-bond donors (Lipinski definition) is 1. The van der Waals surface area contributed by atoms with Gasteiger partial charge in [0.05, 0.1) is 11.6 Å². The lowest BCUT2D eigenvalue weighted by atomic mass is 10.1. The fraction of sp³-hybridized carbons (Fsp3) is 0.278. The molecular weight excluding hydrogens is 308 g/mol. The van der Waals surface area contributed by atoms with E-state index in [0.29, 0.717) is 4.73 Å². The highest BCUT2D eigenvalue weighted by molar-refractivity contribution is 5.91. The van der Waals surface area contributed by atoms with Crippen LogP contribution in [0.2, 0.25) is 0 Å². The molecule has 0 aliphatic carbocycles. The molecule has 0 saturated heterocycles. The van der Waals surface area contributed by atoms with E-state index >= 15 is 0 Å². The molecule has 1 aromatic carbocycles. The number of aryl methyl sites for hydroxylation is 1. The normalized spacial score (nSPS) is 11.6. The van der Waals surface area contributed by atoms with Gasteiger partial charge in [0.15, 0.2) is 19.0 Å². The van der Waals surface area contributed by atoms with Gasteiger partial charge in [0, 0.05) is 12.1 Å². The van der Waals surface area contributed by atoms with Gasteiger partial charge in [-0.1, -0.05) is 31.2 Å². The Hall–Kier alpha value is -2.89. The Kier molecular flexibility index (Phi) is 5.89. The molecule has 6 nitrogen and oxygen atoms in total. The molecule has 0 aliphatic heterocycles. The number of hydrogen-bond acceptors (Lipinski definition) is 4. The lowest BCUT2D eigenvalue weighted by molar-refractivity contribution is -0.605. The van der Waals surface area contributed by atoms with Crippen LogP contribution in [0, 0.1) is 5.21 Å². The van der Waals surface area contributed by atoms with Gasteiger partial charge in [0.2, 0.25) is 0 Å². The number of benzene rings is 1. The average molecular weight is 328 g/mol.